The lowest BCUT2D eigenvalue weighted by Crippen LogP contribution is -2.47. The van der Waals surface area contributed by atoms with E-state index in [9.17, 15) is 26.3 Å². The quantitative estimate of drug-likeness (QED) is 0.335. The van der Waals surface area contributed by atoms with E-state index < -0.39 is 23.5 Å². The summed E-state index contributed by atoms with van der Waals surface area (Å²) in [6.07, 6.45) is -4.46. The van der Waals surface area contributed by atoms with Gasteiger partial charge < -0.3 is 15.1 Å². The summed E-state index contributed by atoms with van der Waals surface area (Å²) in [4.78, 5) is 11.5. The van der Waals surface area contributed by atoms with E-state index in [0.717, 1.165) is 107 Å². The number of anilines is 2. The van der Waals surface area contributed by atoms with Crippen LogP contribution in [-0.2, 0) is 12.4 Å². The third-order valence-electron chi connectivity index (χ3n) is 7.09. The predicted octanol–water partition coefficient (Wildman–Crippen LogP) is 5.93. The van der Waals surface area contributed by atoms with E-state index in [4.69, 9.17) is 12.2 Å². The minimum atomic E-state index is -4.39. The molecule has 2 fully saturated rings. The van der Waals surface area contributed by atoms with Crippen LogP contribution in [-0.4, -0.2) is 71.6 Å². The molecule has 0 amide bonds. The van der Waals surface area contributed by atoms with Crippen molar-refractivity contribution in [2.45, 2.75) is 44.1 Å². The third kappa shape index (κ3) is 7.72. The van der Waals surface area contributed by atoms with E-state index in [1.807, 2.05) is 0 Å². The van der Waals surface area contributed by atoms with Gasteiger partial charge in [0, 0.05) is 57.2 Å². The summed E-state index contributed by atoms with van der Waals surface area (Å²) in [7, 11) is 0. The minimum absolute atomic E-state index is 0.138. The van der Waals surface area contributed by atoms with Crippen molar-refractivity contribution in [2.24, 2.45) is 0 Å². The Kier molecular flexibility index (Phi) is 9.02. The van der Waals surface area contributed by atoms with E-state index in [1.165, 1.54) is 18.2 Å². The van der Waals surface area contributed by atoms with E-state index in [-0.39, 0.29) is 6.04 Å². The molecule has 38 heavy (non-hydrogen) atoms. The highest BCUT2D eigenvalue weighted by molar-refractivity contribution is 7.80. The van der Waals surface area contributed by atoms with Gasteiger partial charge in [0.15, 0.2) is 0 Å². The lowest BCUT2D eigenvalue weighted by Gasteiger charge is -2.37. The van der Waals surface area contributed by atoms with E-state index in [0.29, 0.717) is 5.82 Å². The van der Waals surface area contributed by atoms with Crippen LogP contribution < -0.4 is 10.2 Å². The van der Waals surface area contributed by atoms with Gasteiger partial charge >= 0.3 is 12.4 Å². The Morgan fingerprint density at radius 1 is 0.842 bits per heavy atom. The number of benzene rings is 1. The Bertz CT molecular complexity index is 1040. The minimum Gasteiger partial charge on any atom is -0.369 e. The topological polar surface area (TPSA) is 34.6 Å². The van der Waals surface area contributed by atoms with Gasteiger partial charge in [0.25, 0.3) is 0 Å². The molecule has 4 rings (SSSR count). The fraction of sp³-hybridized carbons (Fsp3) is 0.538. The molecule has 2 saturated heterocycles. The van der Waals surface area contributed by atoms with Crippen LogP contribution in [0.15, 0.2) is 42.6 Å². The van der Waals surface area contributed by atoms with Gasteiger partial charge in [-0.15, -0.1) is 0 Å². The number of nitrogens with one attached hydrogen (secondary N) is 1. The van der Waals surface area contributed by atoms with Crippen LogP contribution in [0, 0.1) is 0 Å². The van der Waals surface area contributed by atoms with Crippen LogP contribution in [0.3, 0.4) is 0 Å². The maximum Gasteiger partial charge on any atom is 0.417 e. The van der Waals surface area contributed by atoms with E-state index >= 15 is 0 Å². The monoisotopic (exact) mass is 559 g/mol. The maximum atomic E-state index is 12.8. The normalized spacial score (nSPS) is 18.1. The first-order valence-corrected chi connectivity index (χ1v) is 13.1. The molecule has 5 nitrogen and oxygen atoms in total. The number of aromatic nitrogens is 1. The molecule has 3 heterocycles. The second-order valence-electron chi connectivity index (χ2n) is 9.71. The number of thiocarbonyl (C=S) groups is 1. The number of likely N-dealkylation sites (tertiary alicyclic amines) is 1. The molecule has 2 aromatic rings. The van der Waals surface area contributed by atoms with E-state index in [1.54, 1.807) is 0 Å². The standard InChI is InChI=1S/C26H31F6N5S/c27-25(28,29)19-3-6-22(7-4-19)36-16-14-35(15-17-36)11-1-2-24(38)37-12-9-21(10-13-37)34-23-8-5-20(18-33-23)26(30,31)32/h3-8,18,21H,1-2,9-17H2,(H,33,34). The molecule has 0 unspecified atom stereocenters. The van der Waals surface area contributed by atoms with Crippen molar-refractivity contribution < 1.29 is 26.3 Å². The Hall–Kier alpha value is -2.60. The average Bonchev–Trinajstić information content (AvgIpc) is 2.89. The molecule has 2 aliphatic rings. The fourth-order valence-corrected chi connectivity index (χ4v) is 5.16. The maximum absolute atomic E-state index is 12.8. The summed E-state index contributed by atoms with van der Waals surface area (Å²) < 4.78 is 76.4. The SMILES string of the molecule is FC(F)(F)c1ccc(N2CCN(CCCC(=S)N3CCC(Nc4ccc(C(F)(F)F)cn4)CC3)CC2)cc1. The van der Waals surface area contributed by atoms with Crippen molar-refractivity contribution in [3.63, 3.8) is 0 Å². The van der Waals surface area contributed by atoms with Crippen LogP contribution in [0.2, 0.25) is 0 Å². The summed E-state index contributed by atoms with van der Waals surface area (Å²) in [5, 5.41) is 3.22. The molecule has 2 aliphatic heterocycles. The highest BCUT2D eigenvalue weighted by Gasteiger charge is 2.31. The van der Waals surface area contributed by atoms with Crippen molar-refractivity contribution in [3.05, 3.63) is 53.7 Å². The smallest absolute Gasteiger partial charge is 0.369 e. The van der Waals surface area contributed by atoms with Crippen molar-refractivity contribution in [1.82, 2.24) is 14.8 Å². The van der Waals surface area contributed by atoms with Crippen molar-refractivity contribution in [3.8, 4) is 0 Å². The molecule has 0 bridgehead atoms. The van der Waals surface area contributed by atoms with Crippen molar-refractivity contribution in [2.75, 3.05) is 56.0 Å². The van der Waals surface area contributed by atoms with Gasteiger partial charge in [-0.05, 0) is 68.6 Å². The number of alkyl halides is 6. The first kappa shape index (κ1) is 28.4. The number of rotatable bonds is 7. The zero-order valence-electron chi connectivity index (χ0n) is 20.9. The first-order valence-electron chi connectivity index (χ1n) is 12.7. The number of piperidine rings is 1. The summed E-state index contributed by atoms with van der Waals surface area (Å²) in [6.45, 7) is 5.74. The lowest BCUT2D eigenvalue weighted by molar-refractivity contribution is -0.138. The third-order valence-corrected chi connectivity index (χ3v) is 7.55. The summed E-state index contributed by atoms with van der Waals surface area (Å²) in [5.74, 6) is 0.442. The molecule has 0 radical (unpaired) electrons. The summed E-state index contributed by atoms with van der Waals surface area (Å²) in [6, 6.07) is 7.88. The highest BCUT2D eigenvalue weighted by atomic mass is 32.1. The highest BCUT2D eigenvalue weighted by Crippen LogP contribution is 2.31. The van der Waals surface area contributed by atoms with Gasteiger partial charge in [-0.3, -0.25) is 4.90 Å². The largest absolute Gasteiger partial charge is 0.417 e. The number of pyridine rings is 1. The molecule has 1 aromatic heterocycles. The number of hydrogen-bond donors (Lipinski definition) is 1. The first-order chi connectivity index (χ1) is 18.0. The molecule has 12 heteroatoms. The number of nitrogens with zero attached hydrogens (tertiary/aromatic N) is 4. The second kappa shape index (κ2) is 12.1. The zero-order chi connectivity index (χ0) is 27.3. The Balaban J connectivity index is 1.12. The van der Waals surface area contributed by atoms with Gasteiger partial charge in [-0.2, -0.15) is 26.3 Å². The molecule has 0 spiro atoms. The van der Waals surface area contributed by atoms with Crippen LogP contribution in [0.25, 0.3) is 0 Å². The molecular weight excluding hydrogens is 528 g/mol. The lowest BCUT2D eigenvalue weighted by atomic mass is 10.0. The van der Waals surface area contributed by atoms with Crippen LogP contribution >= 0.6 is 12.2 Å². The van der Waals surface area contributed by atoms with Gasteiger partial charge in [-0.25, -0.2) is 4.98 Å². The molecule has 0 atom stereocenters. The van der Waals surface area contributed by atoms with Crippen molar-refractivity contribution in [1.29, 1.82) is 0 Å². The Morgan fingerprint density at radius 3 is 2.00 bits per heavy atom. The Morgan fingerprint density at radius 2 is 1.45 bits per heavy atom. The second-order valence-corrected chi connectivity index (χ2v) is 10.2. The van der Waals surface area contributed by atoms with Crippen LogP contribution in [0.4, 0.5) is 37.8 Å². The summed E-state index contributed by atoms with van der Waals surface area (Å²) >= 11 is 5.66. The fourth-order valence-electron chi connectivity index (χ4n) is 4.83. The molecule has 0 saturated carbocycles. The number of hydrogen-bond acceptors (Lipinski definition) is 5. The number of halogens is 6. The van der Waals surface area contributed by atoms with E-state index in [2.05, 4.69) is 25.0 Å². The zero-order valence-corrected chi connectivity index (χ0v) is 21.7. The molecule has 1 N–H and O–H groups in total. The van der Waals surface area contributed by atoms with Crippen LogP contribution in [0.1, 0.15) is 36.8 Å². The van der Waals surface area contributed by atoms with Gasteiger partial charge in [-0.1, -0.05) is 12.2 Å². The average molecular weight is 560 g/mol. The summed E-state index contributed by atoms with van der Waals surface area (Å²) in [5.41, 5.74) is -0.581. The van der Waals surface area contributed by atoms with Crippen molar-refractivity contribution >= 4 is 28.7 Å². The van der Waals surface area contributed by atoms with Gasteiger partial charge in [0.1, 0.15) is 5.82 Å². The Labute approximate surface area is 223 Å². The predicted molar refractivity (Wildman–Crippen MR) is 139 cm³/mol. The molecule has 0 aliphatic carbocycles. The van der Waals surface area contributed by atoms with Gasteiger partial charge in [0.2, 0.25) is 0 Å². The molecular formula is C26H31F6N5S. The van der Waals surface area contributed by atoms with Gasteiger partial charge in [0.05, 0.1) is 16.1 Å². The number of piperazine rings is 1. The molecule has 1 aromatic carbocycles. The van der Waals surface area contributed by atoms with Crippen LogP contribution in [0.5, 0.6) is 0 Å². The molecule has 208 valence electrons.